The second-order valence-corrected chi connectivity index (χ2v) is 9.05. The number of rotatable bonds is 6. The summed E-state index contributed by atoms with van der Waals surface area (Å²) in [6.07, 6.45) is 1.17. The van der Waals surface area contributed by atoms with Crippen molar-refractivity contribution < 1.29 is 28.5 Å². The minimum absolute atomic E-state index is 0.0629. The van der Waals surface area contributed by atoms with Gasteiger partial charge in [-0.15, -0.1) is 11.3 Å². The van der Waals surface area contributed by atoms with Gasteiger partial charge in [0.1, 0.15) is 22.7 Å². The fourth-order valence-corrected chi connectivity index (χ4v) is 5.15. The number of fused-ring (bicyclic) bond motifs is 1. The number of thiazole rings is 1. The number of aliphatic hydroxyl groups is 1. The van der Waals surface area contributed by atoms with Crippen molar-refractivity contribution >= 4 is 17.3 Å². The van der Waals surface area contributed by atoms with E-state index in [-0.39, 0.29) is 36.0 Å². The summed E-state index contributed by atoms with van der Waals surface area (Å²) in [5.74, 6) is -0.195. The Balaban J connectivity index is 1.36. The first kappa shape index (κ1) is 21.2. The van der Waals surface area contributed by atoms with Gasteiger partial charge in [-0.25, -0.2) is 14.2 Å². The molecule has 0 bridgehead atoms. The van der Waals surface area contributed by atoms with Crippen molar-refractivity contribution in [2.75, 3.05) is 6.61 Å². The van der Waals surface area contributed by atoms with Crippen LogP contribution in [0.4, 0.5) is 4.39 Å². The number of hydrogen-bond donors (Lipinski definition) is 1. The van der Waals surface area contributed by atoms with Crippen molar-refractivity contribution in [3.63, 3.8) is 0 Å². The third-order valence-corrected chi connectivity index (χ3v) is 6.62. The van der Waals surface area contributed by atoms with Crippen molar-refractivity contribution in [3.05, 3.63) is 46.2 Å². The van der Waals surface area contributed by atoms with Gasteiger partial charge in [-0.1, -0.05) is 6.07 Å². The molecule has 6 nitrogen and oxygen atoms in total. The maximum atomic E-state index is 13.3. The van der Waals surface area contributed by atoms with Gasteiger partial charge in [0, 0.05) is 23.8 Å². The second-order valence-electron chi connectivity index (χ2n) is 8.16. The highest BCUT2D eigenvalue weighted by Gasteiger charge is 2.47. The molecule has 2 aliphatic rings. The lowest BCUT2D eigenvalue weighted by Crippen LogP contribution is -2.33. The summed E-state index contributed by atoms with van der Waals surface area (Å²) in [5.41, 5.74) is 0.308. The third-order valence-electron chi connectivity index (χ3n) is 5.68. The molecule has 1 N–H and O–H groups in total. The van der Waals surface area contributed by atoms with Gasteiger partial charge < -0.3 is 19.3 Å². The Hall–Kier alpha value is -2.03. The number of aliphatic hydroxyl groups excluding tert-OH is 1. The summed E-state index contributed by atoms with van der Waals surface area (Å²) in [5, 5.41) is 13.0. The van der Waals surface area contributed by atoms with Crippen LogP contribution in [0.5, 0.6) is 5.75 Å². The molecule has 1 aliphatic heterocycles. The Labute approximate surface area is 179 Å². The van der Waals surface area contributed by atoms with Crippen molar-refractivity contribution in [2.24, 2.45) is 11.8 Å². The van der Waals surface area contributed by atoms with E-state index in [4.69, 9.17) is 14.2 Å². The summed E-state index contributed by atoms with van der Waals surface area (Å²) < 4.78 is 30.6. The van der Waals surface area contributed by atoms with Crippen molar-refractivity contribution in [2.45, 2.75) is 57.5 Å². The molecule has 1 aromatic heterocycles. The summed E-state index contributed by atoms with van der Waals surface area (Å²) in [6.45, 7) is 3.92. The molecule has 30 heavy (non-hydrogen) atoms. The summed E-state index contributed by atoms with van der Waals surface area (Å²) in [4.78, 5) is 16.5. The lowest BCUT2D eigenvalue weighted by molar-refractivity contribution is -0.0812. The molecular weight excluding hydrogens is 409 g/mol. The number of hydrogen-bond acceptors (Lipinski definition) is 7. The van der Waals surface area contributed by atoms with Crippen LogP contribution in [-0.2, 0) is 9.47 Å². The second kappa shape index (κ2) is 8.99. The molecule has 2 aromatic rings. The van der Waals surface area contributed by atoms with Crippen LogP contribution in [0.3, 0.4) is 0 Å². The Morgan fingerprint density at radius 3 is 3.00 bits per heavy atom. The van der Waals surface area contributed by atoms with Crippen molar-refractivity contribution in [1.82, 2.24) is 4.98 Å². The molecule has 4 rings (SSSR count). The van der Waals surface area contributed by atoms with Crippen molar-refractivity contribution in [1.29, 1.82) is 0 Å². The van der Waals surface area contributed by atoms with E-state index in [0.29, 0.717) is 24.5 Å². The van der Waals surface area contributed by atoms with Gasteiger partial charge in [0.2, 0.25) is 0 Å². The summed E-state index contributed by atoms with van der Waals surface area (Å²) in [6, 6.07) is 6.03. The fraction of sp³-hybridized carbons (Fsp3) is 0.545. The van der Waals surface area contributed by atoms with Gasteiger partial charge in [0.05, 0.1) is 24.9 Å². The number of carbonyl (C=O) groups excluding carboxylic acids is 1. The van der Waals surface area contributed by atoms with Crippen LogP contribution in [-0.4, -0.2) is 41.0 Å². The van der Waals surface area contributed by atoms with E-state index in [1.807, 2.05) is 0 Å². The molecule has 0 radical (unpaired) electrons. The molecule has 0 spiro atoms. The molecule has 5 atom stereocenters. The van der Waals surface area contributed by atoms with Crippen LogP contribution in [0.1, 0.15) is 54.7 Å². The van der Waals surface area contributed by atoms with Gasteiger partial charge in [-0.05, 0) is 44.7 Å². The first-order valence-electron chi connectivity index (χ1n) is 10.3. The molecular formula is C22H26FNO5S. The molecule has 1 aliphatic carbocycles. The van der Waals surface area contributed by atoms with Crippen LogP contribution >= 0.6 is 11.3 Å². The standard InChI is InChI=1S/C22H26FNO5S/c1-12(2)28-22(26)17-11-30-21(24-17)19-7-6-15-16(18(25)9-20(15)29-19)10-27-14-5-3-4-13(23)8-14/h3-5,8,11-12,15-16,18-20,25H,6-7,9-10H2,1-2H3/t15-,16-,18-,19-,20+/m1/s1. The fourth-order valence-electron chi connectivity index (χ4n) is 4.30. The van der Waals surface area contributed by atoms with E-state index in [2.05, 4.69) is 4.98 Å². The first-order chi connectivity index (χ1) is 14.4. The lowest BCUT2D eigenvalue weighted by Gasteiger charge is -2.33. The highest BCUT2D eigenvalue weighted by molar-refractivity contribution is 7.09. The molecule has 0 amide bonds. The highest BCUT2D eigenvalue weighted by Crippen LogP contribution is 2.46. The summed E-state index contributed by atoms with van der Waals surface area (Å²) in [7, 11) is 0. The first-order valence-corrected chi connectivity index (χ1v) is 11.2. The average molecular weight is 436 g/mol. The monoisotopic (exact) mass is 435 g/mol. The molecule has 1 aromatic carbocycles. The van der Waals surface area contributed by atoms with E-state index < -0.39 is 12.1 Å². The SMILES string of the molecule is CC(C)OC(=O)c1csc([C@H]2CC[C@@H]3[C@@H](COc4cccc(F)c4)[C@H](O)C[C@@H]3O2)n1. The van der Waals surface area contributed by atoms with Gasteiger partial charge in [0.15, 0.2) is 5.69 Å². The number of nitrogens with zero attached hydrogens (tertiary/aromatic N) is 1. The molecule has 2 heterocycles. The van der Waals surface area contributed by atoms with Gasteiger partial charge in [0.25, 0.3) is 0 Å². The average Bonchev–Trinajstić information content (AvgIpc) is 3.30. The summed E-state index contributed by atoms with van der Waals surface area (Å²) >= 11 is 1.40. The molecule has 1 saturated heterocycles. The highest BCUT2D eigenvalue weighted by atomic mass is 32.1. The van der Waals surface area contributed by atoms with E-state index >= 15 is 0 Å². The third kappa shape index (κ3) is 4.66. The van der Waals surface area contributed by atoms with E-state index in [0.717, 1.165) is 17.8 Å². The quantitative estimate of drug-likeness (QED) is 0.687. The van der Waals surface area contributed by atoms with E-state index in [1.165, 1.54) is 23.5 Å². The lowest BCUT2D eigenvalue weighted by atomic mass is 9.87. The van der Waals surface area contributed by atoms with Gasteiger partial charge >= 0.3 is 5.97 Å². The van der Waals surface area contributed by atoms with Gasteiger partial charge in [-0.3, -0.25) is 0 Å². The van der Waals surface area contributed by atoms with Gasteiger partial charge in [-0.2, -0.15) is 0 Å². The Bertz CT molecular complexity index is 888. The van der Waals surface area contributed by atoms with Crippen LogP contribution < -0.4 is 4.74 Å². The van der Waals surface area contributed by atoms with Crippen LogP contribution in [0.25, 0.3) is 0 Å². The van der Waals surface area contributed by atoms with Crippen LogP contribution in [0, 0.1) is 17.7 Å². The number of aromatic nitrogens is 1. The number of carbonyl (C=O) groups is 1. The predicted octanol–water partition coefficient (Wildman–Crippen LogP) is 4.14. The normalized spacial score (nSPS) is 28.4. The minimum atomic E-state index is -0.528. The minimum Gasteiger partial charge on any atom is -0.493 e. The molecule has 0 unspecified atom stereocenters. The maximum Gasteiger partial charge on any atom is 0.358 e. The predicted molar refractivity (Wildman–Crippen MR) is 109 cm³/mol. The molecule has 162 valence electrons. The van der Waals surface area contributed by atoms with Crippen LogP contribution in [0.2, 0.25) is 0 Å². The van der Waals surface area contributed by atoms with Crippen molar-refractivity contribution in [3.8, 4) is 5.75 Å². The Kier molecular flexibility index (Phi) is 6.36. The zero-order valence-corrected chi connectivity index (χ0v) is 17.8. The Morgan fingerprint density at radius 2 is 2.23 bits per heavy atom. The van der Waals surface area contributed by atoms with Crippen LogP contribution in [0.15, 0.2) is 29.6 Å². The number of benzene rings is 1. The Morgan fingerprint density at radius 1 is 1.40 bits per heavy atom. The largest absolute Gasteiger partial charge is 0.493 e. The molecule has 1 saturated carbocycles. The van der Waals surface area contributed by atoms with E-state index in [9.17, 15) is 14.3 Å². The topological polar surface area (TPSA) is 77.9 Å². The number of ether oxygens (including phenoxy) is 3. The molecule has 2 fully saturated rings. The van der Waals surface area contributed by atoms with E-state index in [1.54, 1.807) is 31.4 Å². The number of esters is 1. The zero-order chi connectivity index (χ0) is 21.3. The number of halogens is 1. The maximum absolute atomic E-state index is 13.3. The zero-order valence-electron chi connectivity index (χ0n) is 17.0. The molecule has 8 heteroatoms. The smallest absolute Gasteiger partial charge is 0.358 e.